The first-order valence-electron chi connectivity index (χ1n) is 8.63. The van der Waals surface area contributed by atoms with Crippen molar-refractivity contribution in [2.24, 2.45) is 0 Å². The highest BCUT2D eigenvalue weighted by molar-refractivity contribution is 7.89. The van der Waals surface area contributed by atoms with Gasteiger partial charge in [-0.3, -0.25) is 9.59 Å². The number of sulfonamides is 1. The minimum absolute atomic E-state index is 0.0120. The van der Waals surface area contributed by atoms with E-state index in [1.54, 1.807) is 6.92 Å². The predicted molar refractivity (Wildman–Crippen MR) is 102 cm³/mol. The van der Waals surface area contributed by atoms with E-state index in [0.717, 1.165) is 12.1 Å². The molecule has 14 heteroatoms. The molecule has 9 nitrogen and oxygen atoms in total. The van der Waals surface area contributed by atoms with Crippen LogP contribution in [0.5, 0.6) is 0 Å². The molecule has 1 amide bonds. The molecule has 0 radical (unpaired) electrons. The van der Waals surface area contributed by atoms with Crippen LogP contribution < -0.4 is 10.0 Å². The monoisotopic (exact) mass is 483 g/mol. The minimum Gasteiger partial charge on any atom is -0.456 e. The molecule has 2 rings (SSSR count). The van der Waals surface area contributed by atoms with Crippen molar-refractivity contribution in [3.63, 3.8) is 0 Å². The summed E-state index contributed by atoms with van der Waals surface area (Å²) in [5, 5.41) is 5.25. The van der Waals surface area contributed by atoms with Crippen molar-refractivity contribution >= 4 is 39.3 Å². The van der Waals surface area contributed by atoms with Gasteiger partial charge in [-0.25, -0.2) is 13.1 Å². The molecule has 170 valence electrons. The lowest BCUT2D eigenvalue weighted by Crippen LogP contribution is -2.26. The number of carbonyl (C=O) groups excluding carboxylic acids is 2. The highest BCUT2D eigenvalue weighted by Gasteiger charge is 2.34. The number of anilines is 1. The largest absolute Gasteiger partial charge is 0.456 e. The van der Waals surface area contributed by atoms with Crippen LogP contribution in [0, 0.1) is 6.92 Å². The van der Waals surface area contributed by atoms with Gasteiger partial charge in [-0.2, -0.15) is 13.2 Å². The Bertz CT molecular complexity index is 1060. The van der Waals surface area contributed by atoms with Crippen LogP contribution in [0.1, 0.15) is 24.2 Å². The van der Waals surface area contributed by atoms with Crippen LogP contribution in [0.2, 0.25) is 5.02 Å². The first-order valence-corrected chi connectivity index (χ1v) is 10.5. The molecule has 0 aliphatic rings. The minimum atomic E-state index is -4.81. The Morgan fingerprint density at radius 1 is 1.26 bits per heavy atom. The number of benzene rings is 1. The van der Waals surface area contributed by atoms with E-state index < -0.39 is 50.2 Å². The fourth-order valence-corrected chi connectivity index (χ4v) is 3.56. The van der Waals surface area contributed by atoms with Gasteiger partial charge in [0.1, 0.15) is 5.76 Å². The fraction of sp³-hybridized carbons (Fsp3) is 0.353. The molecular weight excluding hydrogens is 467 g/mol. The van der Waals surface area contributed by atoms with Crippen molar-refractivity contribution in [3.05, 3.63) is 40.6 Å². The highest BCUT2D eigenvalue weighted by Crippen LogP contribution is 2.35. The number of amides is 1. The lowest BCUT2D eigenvalue weighted by atomic mass is 10.2. The second kappa shape index (κ2) is 10.1. The zero-order chi connectivity index (χ0) is 23.2. The number of hydrogen-bond donors (Lipinski definition) is 2. The third kappa shape index (κ3) is 7.52. The molecule has 0 saturated carbocycles. The summed E-state index contributed by atoms with van der Waals surface area (Å²) in [6, 6.07) is 3.66. The molecule has 0 saturated heterocycles. The van der Waals surface area contributed by atoms with E-state index in [9.17, 15) is 31.2 Å². The van der Waals surface area contributed by atoms with Gasteiger partial charge in [0.25, 0.3) is 5.91 Å². The molecule has 2 N–H and O–H groups in total. The number of nitrogens with zero attached hydrogens (tertiary/aromatic N) is 1. The molecule has 1 aromatic carbocycles. The summed E-state index contributed by atoms with van der Waals surface area (Å²) >= 11 is 5.47. The fourth-order valence-electron chi connectivity index (χ4n) is 2.23. The number of carbonyl (C=O) groups is 2. The number of esters is 1. The lowest BCUT2D eigenvalue weighted by Gasteiger charge is -2.12. The quantitative estimate of drug-likeness (QED) is 0.414. The molecule has 0 atom stereocenters. The highest BCUT2D eigenvalue weighted by atomic mass is 35.5. The first kappa shape index (κ1) is 24.6. The van der Waals surface area contributed by atoms with Gasteiger partial charge in [0.2, 0.25) is 10.0 Å². The average Bonchev–Trinajstić information content (AvgIpc) is 3.07. The smallest absolute Gasteiger partial charge is 0.417 e. The van der Waals surface area contributed by atoms with E-state index in [1.165, 1.54) is 6.07 Å². The van der Waals surface area contributed by atoms with Gasteiger partial charge >= 0.3 is 12.1 Å². The van der Waals surface area contributed by atoms with Crippen molar-refractivity contribution in [3.8, 4) is 0 Å². The number of halogens is 4. The molecule has 0 aliphatic carbocycles. The molecule has 0 spiro atoms. The summed E-state index contributed by atoms with van der Waals surface area (Å²) in [7, 11) is -4.26. The number of alkyl halides is 3. The van der Waals surface area contributed by atoms with E-state index in [-0.39, 0.29) is 25.2 Å². The molecule has 1 aromatic heterocycles. The molecule has 31 heavy (non-hydrogen) atoms. The van der Waals surface area contributed by atoms with Crippen molar-refractivity contribution in [1.29, 1.82) is 0 Å². The topological polar surface area (TPSA) is 128 Å². The van der Waals surface area contributed by atoms with Crippen LogP contribution in [-0.4, -0.2) is 38.6 Å². The second-order valence-electron chi connectivity index (χ2n) is 6.17. The average molecular weight is 484 g/mol. The van der Waals surface area contributed by atoms with E-state index in [0.29, 0.717) is 11.8 Å². The summed E-state index contributed by atoms with van der Waals surface area (Å²) in [6.45, 7) is 0.798. The molecule has 0 fully saturated rings. The number of aromatic nitrogens is 1. The van der Waals surface area contributed by atoms with Crippen molar-refractivity contribution in [2.45, 2.75) is 30.8 Å². The van der Waals surface area contributed by atoms with Gasteiger partial charge < -0.3 is 14.6 Å². The number of rotatable bonds is 9. The summed E-state index contributed by atoms with van der Waals surface area (Å²) in [5.41, 5.74) is -1.28. The van der Waals surface area contributed by atoms with E-state index >= 15 is 0 Å². The van der Waals surface area contributed by atoms with Crippen LogP contribution >= 0.6 is 11.6 Å². The first-order chi connectivity index (χ1) is 14.4. The van der Waals surface area contributed by atoms with E-state index in [1.807, 2.05) is 0 Å². The maximum Gasteiger partial charge on any atom is 0.417 e. The Balaban J connectivity index is 1.77. The van der Waals surface area contributed by atoms with Crippen LogP contribution in [0.3, 0.4) is 0 Å². The Morgan fingerprint density at radius 3 is 2.58 bits per heavy atom. The number of nitrogens with one attached hydrogen (secondary N) is 2. The van der Waals surface area contributed by atoms with Crippen molar-refractivity contribution in [2.75, 3.05) is 18.5 Å². The third-order valence-corrected chi connectivity index (χ3v) is 5.45. The van der Waals surface area contributed by atoms with Gasteiger partial charge in [-0.15, -0.1) is 0 Å². The second-order valence-corrected chi connectivity index (χ2v) is 8.35. The summed E-state index contributed by atoms with van der Waals surface area (Å²) in [4.78, 5) is 22.6. The van der Waals surface area contributed by atoms with Crippen LogP contribution in [-0.2, 0) is 30.5 Å². The SMILES string of the molecule is Cc1cc(NC(=O)COC(=O)CCCNS(=O)(=O)c2ccc(Cl)c(C(F)(F)F)c2)no1. The zero-order valence-electron chi connectivity index (χ0n) is 16.0. The van der Waals surface area contributed by atoms with Gasteiger partial charge in [-0.05, 0) is 31.5 Å². The van der Waals surface area contributed by atoms with Gasteiger partial charge in [0, 0.05) is 19.0 Å². The van der Waals surface area contributed by atoms with E-state index in [4.69, 9.17) is 20.9 Å². The normalized spacial score (nSPS) is 11.9. The predicted octanol–water partition coefficient (Wildman–Crippen LogP) is 2.90. The molecule has 2 aromatic rings. The zero-order valence-corrected chi connectivity index (χ0v) is 17.5. The van der Waals surface area contributed by atoms with Crippen molar-refractivity contribution < 1.29 is 40.4 Å². The van der Waals surface area contributed by atoms with Crippen LogP contribution in [0.4, 0.5) is 19.0 Å². The lowest BCUT2D eigenvalue weighted by molar-refractivity contribution is -0.147. The maximum atomic E-state index is 12.9. The Morgan fingerprint density at radius 2 is 1.97 bits per heavy atom. The molecule has 0 aliphatic heterocycles. The van der Waals surface area contributed by atoms with Gasteiger partial charge in [0.05, 0.1) is 15.5 Å². The maximum absolute atomic E-state index is 12.9. The van der Waals surface area contributed by atoms with Crippen molar-refractivity contribution in [1.82, 2.24) is 9.88 Å². The third-order valence-electron chi connectivity index (χ3n) is 3.66. The number of ether oxygens (including phenoxy) is 1. The summed E-state index contributed by atoms with van der Waals surface area (Å²) in [6.07, 6.45) is -5.06. The summed E-state index contributed by atoms with van der Waals surface area (Å²) < 4.78 is 74.5. The standard InChI is InChI=1S/C17H17ClF3N3O6S/c1-10-7-14(24-30-10)23-15(25)9-29-16(26)3-2-6-22-31(27,28)11-4-5-13(18)12(8-11)17(19,20)21/h4-5,7-8,22H,2-3,6,9H2,1H3,(H,23,24,25). The Hall–Kier alpha value is -2.64. The van der Waals surface area contributed by atoms with E-state index in [2.05, 4.69) is 15.2 Å². The molecule has 0 bridgehead atoms. The number of hydrogen-bond acceptors (Lipinski definition) is 7. The molecule has 0 unspecified atom stereocenters. The number of aryl methyl sites for hydroxylation is 1. The van der Waals surface area contributed by atoms with Crippen LogP contribution in [0.25, 0.3) is 0 Å². The Kier molecular flexibility index (Phi) is 8.03. The van der Waals surface area contributed by atoms with Gasteiger partial charge in [-0.1, -0.05) is 16.8 Å². The Labute approximate surface area is 179 Å². The van der Waals surface area contributed by atoms with Gasteiger partial charge in [0.15, 0.2) is 12.4 Å². The molecule has 1 heterocycles. The molecular formula is C17H17ClF3N3O6S. The van der Waals surface area contributed by atoms with Crippen LogP contribution in [0.15, 0.2) is 33.7 Å². The summed E-state index contributed by atoms with van der Waals surface area (Å²) in [5.74, 6) is -0.783.